The summed E-state index contributed by atoms with van der Waals surface area (Å²) in [6, 6.07) is 4.70. The number of unbranched alkanes of at least 4 members (excludes halogenated alkanes) is 1. The van der Waals surface area contributed by atoms with E-state index in [2.05, 4.69) is 11.6 Å². The third-order valence-corrected chi connectivity index (χ3v) is 3.78. The lowest BCUT2D eigenvalue weighted by atomic mass is 10.4. The summed E-state index contributed by atoms with van der Waals surface area (Å²) >= 11 is 0. The first-order chi connectivity index (χ1) is 8.56. The number of sulfonamides is 1. The van der Waals surface area contributed by atoms with Crippen LogP contribution in [0.1, 0.15) is 19.8 Å². The average molecular weight is 275 g/mol. The van der Waals surface area contributed by atoms with E-state index in [4.69, 9.17) is 4.74 Å². The Hall–Kier alpha value is -0.980. The minimum atomic E-state index is -3.57. The highest BCUT2D eigenvalue weighted by Crippen LogP contribution is 2.08. The first-order valence-electron chi connectivity index (χ1n) is 5.89. The van der Waals surface area contributed by atoms with Gasteiger partial charge in [-0.3, -0.25) is 0 Å². The molecule has 0 heterocycles. The molecule has 1 N–H and O–H groups in total. The Morgan fingerprint density at radius 1 is 1.22 bits per heavy atom. The minimum Gasteiger partial charge on any atom is -0.380 e. The molecule has 0 unspecified atom stereocenters. The highest BCUT2D eigenvalue weighted by molar-refractivity contribution is 7.89. The molecule has 18 heavy (non-hydrogen) atoms. The molecule has 0 amide bonds. The zero-order valence-corrected chi connectivity index (χ0v) is 11.2. The number of rotatable bonds is 8. The molecule has 0 aliphatic carbocycles. The average Bonchev–Trinajstić information content (AvgIpc) is 2.34. The number of halogens is 1. The second kappa shape index (κ2) is 7.45. The second-order valence-electron chi connectivity index (χ2n) is 3.82. The van der Waals surface area contributed by atoms with Gasteiger partial charge in [0.15, 0.2) is 0 Å². The van der Waals surface area contributed by atoms with Gasteiger partial charge in [-0.15, -0.1) is 0 Å². The van der Waals surface area contributed by atoms with E-state index in [0.29, 0.717) is 13.2 Å². The molecule has 4 nitrogen and oxygen atoms in total. The van der Waals surface area contributed by atoms with Crippen LogP contribution in [0.15, 0.2) is 29.2 Å². The fraction of sp³-hybridized carbons (Fsp3) is 0.500. The fourth-order valence-corrected chi connectivity index (χ4v) is 2.31. The zero-order chi connectivity index (χ0) is 13.4. The Balaban J connectivity index is 2.38. The van der Waals surface area contributed by atoms with Crippen molar-refractivity contribution in [3.8, 4) is 0 Å². The quantitative estimate of drug-likeness (QED) is 0.737. The van der Waals surface area contributed by atoms with Crippen molar-refractivity contribution in [2.45, 2.75) is 24.7 Å². The van der Waals surface area contributed by atoms with E-state index in [1.54, 1.807) is 0 Å². The van der Waals surface area contributed by atoms with Crippen molar-refractivity contribution in [3.63, 3.8) is 0 Å². The number of ether oxygens (including phenoxy) is 1. The number of nitrogens with one attached hydrogen (secondary N) is 1. The molecule has 1 aromatic rings. The number of hydrogen-bond donors (Lipinski definition) is 1. The van der Waals surface area contributed by atoms with Gasteiger partial charge in [0.25, 0.3) is 0 Å². The van der Waals surface area contributed by atoms with Gasteiger partial charge in [0.2, 0.25) is 10.0 Å². The molecule has 0 bridgehead atoms. The van der Waals surface area contributed by atoms with Gasteiger partial charge in [-0.25, -0.2) is 17.5 Å². The van der Waals surface area contributed by atoms with E-state index in [1.807, 2.05) is 0 Å². The van der Waals surface area contributed by atoms with E-state index >= 15 is 0 Å². The highest BCUT2D eigenvalue weighted by atomic mass is 32.2. The van der Waals surface area contributed by atoms with Gasteiger partial charge in [0, 0.05) is 13.2 Å². The molecule has 0 aliphatic rings. The van der Waals surface area contributed by atoms with Crippen LogP contribution in [0.25, 0.3) is 0 Å². The Morgan fingerprint density at radius 2 is 1.89 bits per heavy atom. The maximum Gasteiger partial charge on any atom is 0.240 e. The summed E-state index contributed by atoms with van der Waals surface area (Å²) in [5.41, 5.74) is 0. The van der Waals surface area contributed by atoms with E-state index in [0.717, 1.165) is 25.0 Å². The van der Waals surface area contributed by atoms with Crippen LogP contribution in [0.3, 0.4) is 0 Å². The van der Waals surface area contributed by atoms with E-state index < -0.39 is 15.8 Å². The van der Waals surface area contributed by atoms with Crippen LogP contribution in [0, 0.1) is 5.82 Å². The fourth-order valence-electron chi connectivity index (χ4n) is 1.29. The molecule has 102 valence electrons. The van der Waals surface area contributed by atoms with Crippen LogP contribution in [-0.4, -0.2) is 28.2 Å². The predicted octanol–water partition coefficient (Wildman–Crippen LogP) is 1.92. The summed E-state index contributed by atoms with van der Waals surface area (Å²) < 4.78 is 43.8. The topological polar surface area (TPSA) is 55.4 Å². The van der Waals surface area contributed by atoms with Crippen molar-refractivity contribution in [2.75, 3.05) is 19.8 Å². The molecular weight excluding hydrogens is 257 g/mol. The first kappa shape index (κ1) is 15.1. The second-order valence-corrected chi connectivity index (χ2v) is 5.58. The van der Waals surface area contributed by atoms with Crippen LogP contribution in [-0.2, 0) is 14.8 Å². The summed E-state index contributed by atoms with van der Waals surface area (Å²) in [5, 5.41) is 0. The van der Waals surface area contributed by atoms with E-state index in [-0.39, 0.29) is 11.4 Å². The monoisotopic (exact) mass is 275 g/mol. The van der Waals surface area contributed by atoms with E-state index in [9.17, 15) is 12.8 Å². The van der Waals surface area contributed by atoms with Crippen LogP contribution in [0.5, 0.6) is 0 Å². The van der Waals surface area contributed by atoms with Gasteiger partial charge in [0.05, 0.1) is 11.5 Å². The predicted molar refractivity (Wildman–Crippen MR) is 67.3 cm³/mol. The molecule has 0 radical (unpaired) electrons. The molecule has 6 heteroatoms. The largest absolute Gasteiger partial charge is 0.380 e. The summed E-state index contributed by atoms with van der Waals surface area (Å²) in [4.78, 5) is 0.0532. The van der Waals surface area contributed by atoms with Crippen LogP contribution >= 0.6 is 0 Å². The Kier molecular flexibility index (Phi) is 6.24. The molecular formula is C12H18FNO3S. The van der Waals surface area contributed by atoms with Crippen LogP contribution in [0.4, 0.5) is 4.39 Å². The number of hydrogen-bond acceptors (Lipinski definition) is 3. The lowest BCUT2D eigenvalue weighted by Crippen LogP contribution is -2.27. The molecule has 1 rings (SSSR count). The third kappa shape index (κ3) is 5.12. The maximum atomic E-state index is 12.7. The summed E-state index contributed by atoms with van der Waals surface area (Å²) in [6.45, 7) is 3.24. The van der Waals surface area contributed by atoms with Crippen LogP contribution < -0.4 is 4.72 Å². The highest BCUT2D eigenvalue weighted by Gasteiger charge is 2.12. The molecule has 0 aliphatic heterocycles. The van der Waals surface area contributed by atoms with Crippen molar-refractivity contribution in [3.05, 3.63) is 30.1 Å². The van der Waals surface area contributed by atoms with Crippen molar-refractivity contribution in [2.24, 2.45) is 0 Å². The molecule has 0 fully saturated rings. The molecule has 0 aromatic heterocycles. The van der Waals surface area contributed by atoms with Crippen molar-refractivity contribution >= 4 is 10.0 Å². The Labute approximate surface area is 107 Å². The van der Waals surface area contributed by atoms with Crippen molar-refractivity contribution < 1.29 is 17.5 Å². The minimum absolute atomic E-state index is 0.0532. The maximum absolute atomic E-state index is 12.7. The van der Waals surface area contributed by atoms with Crippen LogP contribution in [0.2, 0.25) is 0 Å². The zero-order valence-electron chi connectivity index (χ0n) is 10.4. The first-order valence-corrected chi connectivity index (χ1v) is 7.37. The van der Waals surface area contributed by atoms with Gasteiger partial charge in [-0.05, 0) is 30.7 Å². The number of benzene rings is 1. The lowest BCUT2D eigenvalue weighted by Gasteiger charge is -2.07. The Morgan fingerprint density at radius 3 is 2.50 bits per heavy atom. The van der Waals surface area contributed by atoms with Gasteiger partial charge < -0.3 is 4.74 Å². The van der Waals surface area contributed by atoms with Gasteiger partial charge in [-0.2, -0.15) is 0 Å². The summed E-state index contributed by atoms with van der Waals surface area (Å²) in [6.07, 6.45) is 2.01. The molecule has 0 atom stereocenters. The normalized spacial score (nSPS) is 11.7. The standard InChI is InChI=1S/C12H18FNO3S/c1-2-3-9-17-10-8-14-18(15,16)12-6-4-11(13)5-7-12/h4-7,14H,2-3,8-10H2,1H3. The Bertz CT molecular complexity index is 445. The SMILES string of the molecule is CCCCOCCNS(=O)(=O)c1ccc(F)cc1. The summed E-state index contributed by atoms with van der Waals surface area (Å²) in [5.74, 6) is -0.461. The van der Waals surface area contributed by atoms with Gasteiger partial charge in [-0.1, -0.05) is 13.3 Å². The third-order valence-electron chi connectivity index (χ3n) is 2.30. The smallest absolute Gasteiger partial charge is 0.240 e. The molecule has 0 spiro atoms. The van der Waals surface area contributed by atoms with Gasteiger partial charge in [0.1, 0.15) is 5.82 Å². The van der Waals surface area contributed by atoms with Crippen molar-refractivity contribution in [1.82, 2.24) is 4.72 Å². The van der Waals surface area contributed by atoms with Crippen molar-refractivity contribution in [1.29, 1.82) is 0 Å². The van der Waals surface area contributed by atoms with E-state index in [1.165, 1.54) is 12.1 Å². The molecule has 0 saturated carbocycles. The summed E-state index contributed by atoms with van der Waals surface area (Å²) in [7, 11) is -3.57. The lowest BCUT2D eigenvalue weighted by molar-refractivity contribution is 0.136. The van der Waals surface area contributed by atoms with Gasteiger partial charge >= 0.3 is 0 Å². The molecule has 1 aromatic carbocycles. The molecule has 0 saturated heterocycles.